The van der Waals surface area contributed by atoms with Crippen LogP contribution in [0.15, 0.2) is 77.5 Å². The highest BCUT2D eigenvalue weighted by Gasteiger charge is 2.33. The smallest absolute Gasteiger partial charge is 0.496 e. The normalized spacial score (nSPS) is 14.0. The van der Waals surface area contributed by atoms with E-state index in [1.165, 1.54) is 23.5 Å². The highest BCUT2D eigenvalue weighted by atomic mass is 32.2. The minimum Gasteiger partial charge on any atom is -0.496 e. The number of phosphoric ester groups is 1. The number of fused-ring (bicyclic) bond motifs is 4. The minimum absolute atomic E-state index is 0.232. The van der Waals surface area contributed by atoms with Crippen LogP contribution in [-0.2, 0) is 13.6 Å². The van der Waals surface area contributed by atoms with E-state index in [-0.39, 0.29) is 11.5 Å². The summed E-state index contributed by atoms with van der Waals surface area (Å²) in [7, 11) is -1.45. The Labute approximate surface area is 230 Å². The number of hydrogen-bond acceptors (Lipinski definition) is 9. The largest absolute Gasteiger partial charge is 0.584 e. The van der Waals surface area contributed by atoms with Crippen molar-refractivity contribution in [1.29, 1.82) is 0 Å². The zero-order chi connectivity index (χ0) is 25.6. The molecule has 0 saturated heterocycles. The zero-order valence-corrected chi connectivity index (χ0v) is 23.7. The molecule has 0 saturated carbocycles. The summed E-state index contributed by atoms with van der Waals surface area (Å²) in [6, 6.07) is 14.9. The summed E-state index contributed by atoms with van der Waals surface area (Å²) >= 11 is 6.25. The van der Waals surface area contributed by atoms with Gasteiger partial charge in [0, 0.05) is 22.3 Å². The van der Waals surface area contributed by atoms with Gasteiger partial charge in [-0.2, -0.15) is 0 Å². The Bertz CT molecular complexity index is 1500. The van der Waals surface area contributed by atoms with Gasteiger partial charge in [-0.3, -0.25) is 4.89 Å². The van der Waals surface area contributed by atoms with E-state index in [0.717, 1.165) is 29.3 Å². The number of phosphoric acid groups is 1. The van der Waals surface area contributed by atoms with E-state index < -0.39 is 7.82 Å². The van der Waals surface area contributed by atoms with E-state index in [9.17, 15) is 9.46 Å². The first kappa shape index (κ1) is 24.7. The molecule has 0 spiro atoms. The second-order valence-corrected chi connectivity index (χ2v) is 13.6. The van der Waals surface area contributed by atoms with Crippen LogP contribution in [0, 0.1) is 0 Å². The number of rotatable bonds is 6. The molecule has 6 nitrogen and oxygen atoms in total. The van der Waals surface area contributed by atoms with Gasteiger partial charge in [-0.15, -0.1) is 22.7 Å². The van der Waals surface area contributed by atoms with Gasteiger partial charge in [0.2, 0.25) is 0 Å². The van der Waals surface area contributed by atoms with Crippen molar-refractivity contribution in [3.05, 3.63) is 81.5 Å². The third kappa shape index (κ3) is 4.74. The second-order valence-electron chi connectivity index (χ2n) is 7.87. The predicted molar refractivity (Wildman–Crippen MR) is 151 cm³/mol. The third-order valence-corrected chi connectivity index (χ3v) is 11.1. The maximum absolute atomic E-state index is 13.6. The molecule has 2 aliphatic heterocycles. The number of methoxy groups -OCH3 is 2. The summed E-state index contributed by atoms with van der Waals surface area (Å²) in [4.78, 5) is 12.7. The molecule has 37 heavy (non-hydrogen) atoms. The Morgan fingerprint density at radius 3 is 1.59 bits per heavy atom. The fraction of sp³-hybridized carbons (Fsp3) is 0.0769. The first-order valence-corrected chi connectivity index (χ1v) is 15.9. The van der Waals surface area contributed by atoms with Crippen LogP contribution >= 0.6 is 54.0 Å². The molecule has 4 aromatic rings. The van der Waals surface area contributed by atoms with Crippen molar-refractivity contribution in [1.82, 2.24) is 0 Å². The highest BCUT2D eigenvalue weighted by molar-refractivity contribution is 8.01. The lowest BCUT2D eigenvalue weighted by Gasteiger charge is -2.20. The van der Waals surface area contributed by atoms with Crippen LogP contribution < -0.4 is 9.47 Å². The maximum Gasteiger partial charge on any atom is 0.584 e. The van der Waals surface area contributed by atoms with Crippen LogP contribution in [0.5, 0.6) is 11.5 Å². The molecule has 0 unspecified atom stereocenters. The molecule has 0 radical (unpaired) electrons. The molecular weight excluding hydrogens is 568 g/mol. The van der Waals surface area contributed by atoms with Crippen molar-refractivity contribution >= 4 is 77.7 Å². The summed E-state index contributed by atoms with van der Waals surface area (Å²) in [5, 5.41) is 3.94. The standard InChI is InChI=1S/C26H19O6PS4/c1-29-19-7-3-5-17-21(13-15-9-11-34-25(15)36-23(17)19)31-33(27,28)32-22-14-16-10-12-35-26(16)37-24-18(22)6-4-8-20(24)30-2/h3-14H,1-2H3,(H,27,28). The van der Waals surface area contributed by atoms with Crippen LogP contribution in [0.25, 0.3) is 23.7 Å². The summed E-state index contributed by atoms with van der Waals surface area (Å²) < 4.78 is 38.4. The van der Waals surface area contributed by atoms with E-state index in [1.807, 2.05) is 59.3 Å². The SMILES string of the molecule is COc1cccc2c1Sc1sccc1C=C2OP(=O)(O)OC1=Cc2ccsc2Sc2c(OC)cccc21. The number of hydrogen-bond donors (Lipinski definition) is 1. The van der Waals surface area contributed by atoms with Gasteiger partial charge >= 0.3 is 7.82 Å². The molecule has 188 valence electrons. The Hall–Kier alpha value is -2.59. The van der Waals surface area contributed by atoms with Gasteiger partial charge in [0.1, 0.15) is 23.0 Å². The van der Waals surface area contributed by atoms with Crippen LogP contribution in [0.1, 0.15) is 22.3 Å². The average Bonchev–Trinajstić information content (AvgIpc) is 3.45. The summed E-state index contributed by atoms with van der Waals surface area (Å²) in [5.41, 5.74) is 3.09. The molecule has 1 N–H and O–H groups in total. The Morgan fingerprint density at radius 2 is 1.16 bits per heavy atom. The van der Waals surface area contributed by atoms with Crippen molar-refractivity contribution < 1.29 is 28.0 Å². The van der Waals surface area contributed by atoms with E-state index in [0.29, 0.717) is 22.6 Å². The minimum atomic E-state index is -4.64. The lowest BCUT2D eigenvalue weighted by atomic mass is 10.1. The average molecular weight is 587 g/mol. The first-order chi connectivity index (χ1) is 18.0. The summed E-state index contributed by atoms with van der Waals surface area (Å²) in [6.45, 7) is 0. The molecule has 0 atom stereocenters. The number of ether oxygens (including phenoxy) is 2. The van der Waals surface area contributed by atoms with Gasteiger partial charge in [0.25, 0.3) is 0 Å². The topological polar surface area (TPSA) is 74.2 Å². The quantitative estimate of drug-likeness (QED) is 0.225. The van der Waals surface area contributed by atoms with Crippen LogP contribution in [0.3, 0.4) is 0 Å². The number of thiophene rings is 2. The van der Waals surface area contributed by atoms with Gasteiger partial charge in [-0.05, 0) is 59.3 Å². The molecule has 2 aliphatic rings. The first-order valence-electron chi connectivity index (χ1n) is 11.0. The lowest BCUT2D eigenvalue weighted by molar-refractivity contribution is 0.264. The van der Waals surface area contributed by atoms with Crippen molar-refractivity contribution in [3.63, 3.8) is 0 Å². The van der Waals surface area contributed by atoms with Crippen molar-refractivity contribution in [3.8, 4) is 11.5 Å². The predicted octanol–water partition coefficient (Wildman–Crippen LogP) is 8.59. The van der Waals surface area contributed by atoms with Gasteiger partial charge in [-0.1, -0.05) is 35.7 Å². The molecule has 0 bridgehead atoms. The maximum atomic E-state index is 13.6. The summed E-state index contributed by atoms with van der Waals surface area (Å²) in [6.07, 6.45) is 3.53. The van der Waals surface area contributed by atoms with Crippen molar-refractivity contribution in [2.45, 2.75) is 18.2 Å². The van der Waals surface area contributed by atoms with E-state index in [1.54, 1.807) is 49.0 Å². The highest BCUT2D eigenvalue weighted by Crippen LogP contribution is 2.57. The van der Waals surface area contributed by atoms with Crippen molar-refractivity contribution in [2.75, 3.05) is 14.2 Å². The van der Waals surface area contributed by atoms with Crippen LogP contribution in [0.4, 0.5) is 0 Å². The number of benzene rings is 2. The molecule has 4 heterocycles. The van der Waals surface area contributed by atoms with E-state index in [2.05, 4.69) is 0 Å². The van der Waals surface area contributed by atoms with Gasteiger partial charge in [0.15, 0.2) is 0 Å². The molecule has 6 rings (SSSR count). The van der Waals surface area contributed by atoms with Crippen LogP contribution in [-0.4, -0.2) is 19.1 Å². The Morgan fingerprint density at radius 1 is 0.703 bits per heavy atom. The van der Waals surface area contributed by atoms with Gasteiger partial charge < -0.3 is 18.5 Å². The van der Waals surface area contributed by atoms with Crippen LogP contribution in [0.2, 0.25) is 0 Å². The molecular formula is C26H19O6PS4. The molecule has 0 amide bonds. The molecule has 0 aliphatic carbocycles. The molecule has 2 aromatic heterocycles. The summed E-state index contributed by atoms with van der Waals surface area (Å²) in [5.74, 6) is 1.77. The van der Waals surface area contributed by atoms with Gasteiger partial charge in [0.05, 0.1) is 32.4 Å². The van der Waals surface area contributed by atoms with E-state index in [4.69, 9.17) is 18.5 Å². The van der Waals surface area contributed by atoms with Crippen molar-refractivity contribution in [2.24, 2.45) is 0 Å². The fourth-order valence-electron chi connectivity index (χ4n) is 3.98. The lowest BCUT2D eigenvalue weighted by Crippen LogP contribution is -1.99. The molecule has 0 fully saturated rings. The Balaban J connectivity index is 1.41. The monoisotopic (exact) mass is 586 g/mol. The second kappa shape index (κ2) is 9.94. The molecule has 2 aromatic carbocycles. The molecule has 11 heteroatoms. The fourth-order valence-corrected chi connectivity index (χ4v) is 9.16. The third-order valence-electron chi connectivity index (χ3n) is 5.64. The van der Waals surface area contributed by atoms with E-state index >= 15 is 0 Å². The van der Waals surface area contributed by atoms with Gasteiger partial charge in [-0.25, -0.2) is 4.57 Å². The zero-order valence-electron chi connectivity index (χ0n) is 19.5. The Kier molecular flexibility index (Phi) is 6.65.